The van der Waals surface area contributed by atoms with Gasteiger partial charge in [-0.25, -0.2) is 0 Å². The summed E-state index contributed by atoms with van der Waals surface area (Å²) < 4.78 is 11.2. The fraction of sp³-hybridized carbons (Fsp3) is 0.933. The Balaban J connectivity index is 4.45. The predicted molar refractivity (Wildman–Crippen MR) is 144 cm³/mol. The molecular formula is C30H58O4. The molecule has 0 aromatic heterocycles. The first-order valence-electron chi connectivity index (χ1n) is 14.9. The van der Waals surface area contributed by atoms with Crippen LogP contribution in [-0.2, 0) is 19.1 Å². The van der Waals surface area contributed by atoms with Gasteiger partial charge in [-0.1, -0.05) is 111 Å². The fourth-order valence-corrected chi connectivity index (χ4v) is 4.70. The first-order valence-corrected chi connectivity index (χ1v) is 14.9. The van der Waals surface area contributed by atoms with Crippen LogP contribution in [-0.4, -0.2) is 25.2 Å². The summed E-state index contributed by atoms with van der Waals surface area (Å²) in [7, 11) is 0. The van der Waals surface area contributed by atoms with Gasteiger partial charge in [0.1, 0.15) is 0 Å². The molecular weight excluding hydrogens is 424 g/mol. The second kappa shape index (κ2) is 25.0. The van der Waals surface area contributed by atoms with Gasteiger partial charge in [0.25, 0.3) is 0 Å². The van der Waals surface area contributed by atoms with Crippen LogP contribution < -0.4 is 0 Å². The first kappa shape index (κ1) is 32.9. The van der Waals surface area contributed by atoms with Gasteiger partial charge in [0.2, 0.25) is 0 Å². The van der Waals surface area contributed by atoms with Gasteiger partial charge in [0, 0.05) is 6.42 Å². The van der Waals surface area contributed by atoms with Gasteiger partial charge < -0.3 is 9.47 Å². The minimum Gasteiger partial charge on any atom is -0.466 e. The average molecular weight is 483 g/mol. The van der Waals surface area contributed by atoms with E-state index in [0.717, 1.165) is 64.2 Å². The highest BCUT2D eigenvalue weighted by Gasteiger charge is 2.28. The number of ether oxygens (including phenoxy) is 2. The quantitative estimate of drug-likeness (QED) is 0.0961. The maximum atomic E-state index is 13.0. The van der Waals surface area contributed by atoms with Gasteiger partial charge in [0.05, 0.1) is 19.1 Å². The van der Waals surface area contributed by atoms with Crippen LogP contribution >= 0.6 is 0 Å². The molecule has 0 aromatic rings. The Kier molecular flexibility index (Phi) is 24.3. The van der Waals surface area contributed by atoms with Gasteiger partial charge in [-0.15, -0.1) is 0 Å². The number of rotatable bonds is 25. The summed E-state index contributed by atoms with van der Waals surface area (Å²) >= 11 is 0. The number of esters is 2. The molecule has 0 heterocycles. The van der Waals surface area contributed by atoms with E-state index >= 15 is 0 Å². The molecule has 2 atom stereocenters. The van der Waals surface area contributed by atoms with E-state index in [1.165, 1.54) is 51.4 Å². The van der Waals surface area contributed by atoms with Gasteiger partial charge in [-0.3, -0.25) is 9.59 Å². The van der Waals surface area contributed by atoms with E-state index in [4.69, 9.17) is 9.47 Å². The number of unbranched alkanes of at least 4 members (excludes halogenated alkanes) is 11. The van der Waals surface area contributed by atoms with E-state index in [9.17, 15) is 9.59 Å². The van der Waals surface area contributed by atoms with E-state index in [-0.39, 0.29) is 17.9 Å². The van der Waals surface area contributed by atoms with E-state index < -0.39 is 0 Å². The van der Waals surface area contributed by atoms with Crippen molar-refractivity contribution in [2.75, 3.05) is 13.2 Å². The third-order valence-corrected chi connectivity index (χ3v) is 6.86. The normalized spacial score (nSPS) is 12.9. The Hall–Kier alpha value is -1.06. The summed E-state index contributed by atoms with van der Waals surface area (Å²) in [6, 6.07) is 0. The van der Waals surface area contributed by atoms with Crippen LogP contribution in [0, 0.1) is 11.8 Å². The Bertz CT molecular complexity index is 463. The number of hydrogen-bond donors (Lipinski definition) is 0. The lowest BCUT2D eigenvalue weighted by Gasteiger charge is -2.25. The van der Waals surface area contributed by atoms with Crippen molar-refractivity contribution in [2.45, 2.75) is 156 Å². The molecule has 0 amide bonds. The highest BCUT2D eigenvalue weighted by Crippen LogP contribution is 2.29. The van der Waals surface area contributed by atoms with Crippen molar-refractivity contribution >= 4 is 11.9 Å². The van der Waals surface area contributed by atoms with Crippen LogP contribution in [0.5, 0.6) is 0 Å². The summed E-state index contributed by atoms with van der Waals surface area (Å²) in [6.45, 7) is 9.91. The van der Waals surface area contributed by atoms with Gasteiger partial charge in [-0.05, 0) is 44.4 Å². The van der Waals surface area contributed by atoms with Gasteiger partial charge >= 0.3 is 11.9 Å². The Morgan fingerprint density at radius 1 is 0.529 bits per heavy atom. The van der Waals surface area contributed by atoms with E-state index in [1.54, 1.807) is 0 Å². The highest BCUT2D eigenvalue weighted by molar-refractivity contribution is 5.73. The molecule has 0 rings (SSSR count). The Morgan fingerprint density at radius 3 is 1.62 bits per heavy atom. The topological polar surface area (TPSA) is 52.6 Å². The van der Waals surface area contributed by atoms with Crippen molar-refractivity contribution in [3.8, 4) is 0 Å². The minimum absolute atomic E-state index is 0.0384. The molecule has 0 aliphatic carbocycles. The molecule has 0 N–H and O–H groups in total. The van der Waals surface area contributed by atoms with Crippen LogP contribution in [0.25, 0.3) is 0 Å². The number of carbonyl (C=O) groups is 2. The van der Waals surface area contributed by atoms with Crippen molar-refractivity contribution in [3.63, 3.8) is 0 Å². The summed E-state index contributed by atoms with van der Waals surface area (Å²) in [4.78, 5) is 25.2. The largest absolute Gasteiger partial charge is 0.466 e. The molecule has 0 saturated heterocycles. The zero-order valence-corrected chi connectivity index (χ0v) is 23.3. The summed E-state index contributed by atoms with van der Waals surface area (Å²) in [5.41, 5.74) is 0. The lowest BCUT2D eigenvalue weighted by atomic mass is 9.81. The molecule has 4 nitrogen and oxygen atoms in total. The second-order valence-corrected chi connectivity index (χ2v) is 10.1. The molecule has 0 aliphatic rings. The molecule has 0 aromatic carbocycles. The maximum absolute atomic E-state index is 13.0. The SMILES string of the molecule is CCCCCCCCOC(=O)CCCC(C(=O)OCCCCCCCC)C(CCC)CCCC. The third kappa shape index (κ3) is 19.3. The van der Waals surface area contributed by atoms with Crippen molar-refractivity contribution < 1.29 is 19.1 Å². The van der Waals surface area contributed by atoms with Gasteiger partial charge in [-0.2, -0.15) is 0 Å². The molecule has 0 fully saturated rings. The summed E-state index contributed by atoms with van der Waals surface area (Å²) in [6.07, 6.45) is 21.6. The lowest BCUT2D eigenvalue weighted by Crippen LogP contribution is -2.27. The smallest absolute Gasteiger partial charge is 0.309 e. The zero-order valence-electron chi connectivity index (χ0n) is 23.3. The monoisotopic (exact) mass is 482 g/mol. The maximum Gasteiger partial charge on any atom is 0.309 e. The number of carbonyl (C=O) groups excluding carboxylic acids is 2. The fourth-order valence-electron chi connectivity index (χ4n) is 4.70. The second-order valence-electron chi connectivity index (χ2n) is 10.1. The van der Waals surface area contributed by atoms with E-state index in [1.807, 2.05) is 0 Å². The van der Waals surface area contributed by atoms with Crippen molar-refractivity contribution in [1.29, 1.82) is 0 Å². The van der Waals surface area contributed by atoms with E-state index in [0.29, 0.717) is 32.0 Å². The summed E-state index contributed by atoms with van der Waals surface area (Å²) in [5.74, 6) is 0.121. The van der Waals surface area contributed by atoms with Gasteiger partial charge in [0.15, 0.2) is 0 Å². The summed E-state index contributed by atoms with van der Waals surface area (Å²) in [5, 5.41) is 0. The standard InChI is InChI=1S/C30H58O4/c1-5-9-12-14-16-18-25-33-29(31)24-20-23-28(27(21-8-4)22-11-7-3)30(32)34-26-19-17-15-13-10-6-2/h27-28H,5-26H2,1-4H3. The highest BCUT2D eigenvalue weighted by atomic mass is 16.5. The Morgan fingerprint density at radius 2 is 1.06 bits per heavy atom. The average Bonchev–Trinajstić information content (AvgIpc) is 2.83. The molecule has 0 spiro atoms. The molecule has 0 saturated carbocycles. The van der Waals surface area contributed by atoms with Crippen LogP contribution in [0.1, 0.15) is 156 Å². The Labute approximate surface area is 212 Å². The molecule has 202 valence electrons. The zero-order chi connectivity index (χ0) is 25.3. The third-order valence-electron chi connectivity index (χ3n) is 6.86. The minimum atomic E-state index is -0.117. The number of hydrogen-bond acceptors (Lipinski definition) is 4. The van der Waals surface area contributed by atoms with Crippen molar-refractivity contribution in [1.82, 2.24) is 0 Å². The van der Waals surface area contributed by atoms with E-state index in [2.05, 4.69) is 27.7 Å². The molecule has 0 bridgehead atoms. The van der Waals surface area contributed by atoms with Crippen LogP contribution in [0.15, 0.2) is 0 Å². The van der Waals surface area contributed by atoms with Crippen LogP contribution in [0.4, 0.5) is 0 Å². The first-order chi connectivity index (χ1) is 16.6. The molecule has 0 aliphatic heterocycles. The molecule has 0 radical (unpaired) electrons. The molecule has 34 heavy (non-hydrogen) atoms. The van der Waals surface area contributed by atoms with Crippen LogP contribution in [0.3, 0.4) is 0 Å². The lowest BCUT2D eigenvalue weighted by molar-refractivity contribution is -0.152. The van der Waals surface area contributed by atoms with Crippen molar-refractivity contribution in [3.05, 3.63) is 0 Å². The van der Waals surface area contributed by atoms with Crippen molar-refractivity contribution in [2.24, 2.45) is 11.8 Å². The molecule has 4 heteroatoms. The van der Waals surface area contributed by atoms with Crippen LogP contribution in [0.2, 0.25) is 0 Å². The predicted octanol–water partition coefficient (Wildman–Crippen LogP) is 9.19. The molecule has 2 unspecified atom stereocenters.